The Balaban J connectivity index is -0.000000550. The molecule has 1 atom stereocenters. The van der Waals surface area contributed by atoms with E-state index in [0.29, 0.717) is 11.3 Å². The van der Waals surface area contributed by atoms with Crippen LogP contribution in [0.2, 0.25) is 0 Å². The van der Waals surface area contributed by atoms with E-state index in [4.69, 9.17) is 5.73 Å². The van der Waals surface area contributed by atoms with Crippen molar-refractivity contribution < 1.29 is 23.4 Å². The summed E-state index contributed by atoms with van der Waals surface area (Å²) in [4.78, 5) is 23.8. The second-order valence-electron chi connectivity index (χ2n) is 8.54. The molecule has 0 aliphatic rings. The minimum absolute atomic E-state index is 0. The molecule has 0 amide bonds. The van der Waals surface area contributed by atoms with Crippen molar-refractivity contribution in [2.75, 3.05) is 0 Å². The minimum atomic E-state index is -0.381. The number of rotatable bonds is 8. The van der Waals surface area contributed by atoms with Gasteiger partial charge in [-0.25, -0.2) is 18.2 Å². The molecule has 223 valence electrons. The fourth-order valence-electron chi connectivity index (χ4n) is 3.51. The van der Waals surface area contributed by atoms with E-state index in [9.17, 15) is 4.79 Å². The van der Waals surface area contributed by atoms with E-state index in [2.05, 4.69) is 52.4 Å². The first-order valence-corrected chi connectivity index (χ1v) is 13.6. The van der Waals surface area contributed by atoms with E-state index < -0.39 is 0 Å². The van der Waals surface area contributed by atoms with Gasteiger partial charge in [0.25, 0.3) is 0 Å². The van der Waals surface area contributed by atoms with Crippen LogP contribution in [0.25, 0.3) is 6.08 Å². The number of allylic oxidation sites excluding steroid dienone is 6. The van der Waals surface area contributed by atoms with Crippen LogP contribution in [0.1, 0.15) is 82.5 Å². The number of aliphatic imine (C=N–C) groups is 2. The molecule has 6 heteroatoms. The third-order valence-corrected chi connectivity index (χ3v) is 5.24. The van der Waals surface area contributed by atoms with Crippen LogP contribution in [0.5, 0.6) is 0 Å². The Morgan fingerprint density at radius 1 is 1.12 bits per heavy atom. The maximum absolute atomic E-state index is 11.7. The molecule has 42 heavy (non-hydrogen) atoms. The number of carbonyl (C=O) groups is 1. The monoisotopic (exact) mass is 603 g/mol. The number of pyridine rings is 1. The van der Waals surface area contributed by atoms with Crippen LogP contribution in [-0.2, 0) is 23.4 Å². The second kappa shape index (κ2) is 26.2. The van der Waals surface area contributed by atoms with Crippen molar-refractivity contribution in [3.63, 3.8) is 0 Å². The smallest absolute Gasteiger partial charge is 0.458 e. The predicted octanol–water partition coefficient (Wildman–Crippen LogP) is 8.87. The summed E-state index contributed by atoms with van der Waals surface area (Å²) in [5, 5.41) is 0. The van der Waals surface area contributed by atoms with Crippen molar-refractivity contribution in [1.82, 2.24) is 4.98 Å². The summed E-state index contributed by atoms with van der Waals surface area (Å²) >= 11 is 0. The molecule has 2 N–H and O–H groups in total. The molecule has 1 aromatic carbocycles. The van der Waals surface area contributed by atoms with Gasteiger partial charge in [0.05, 0.1) is 0 Å². The van der Waals surface area contributed by atoms with Gasteiger partial charge in [0.15, 0.2) is 5.78 Å². The third-order valence-electron chi connectivity index (χ3n) is 5.24. The van der Waals surface area contributed by atoms with Crippen molar-refractivity contribution in [2.45, 2.75) is 75.3 Å². The van der Waals surface area contributed by atoms with Crippen molar-refractivity contribution in [2.24, 2.45) is 15.7 Å². The summed E-state index contributed by atoms with van der Waals surface area (Å²) in [6, 6.07) is 9.58. The molecule has 1 unspecified atom stereocenters. The molecule has 1 heterocycles. The topological polar surface area (TPSA) is 80.7 Å². The van der Waals surface area contributed by atoms with Crippen LogP contribution in [0.4, 0.5) is 0 Å². The fraction of sp³-hybridized carbons (Fsp3) is 0.306. The molecule has 5 nitrogen and oxygen atoms in total. The van der Waals surface area contributed by atoms with Crippen LogP contribution >= 0.6 is 0 Å². The molecular formula is C36H48N4OV. The molecule has 0 spiro atoms. The SMILES string of the molecule is C=C=Cc1ccnc(C)c1.C=NC(/C(C(C)=O)=C(/C)N)c1ccc(C)cc1C.CC.C[C-]=C/C=C\C(=C/C)N=[C-]C.[V+2]. The maximum Gasteiger partial charge on any atom is 2.00 e. The molecule has 1 aromatic heterocycles. The number of hydrogen-bond acceptors (Lipinski definition) is 5. The van der Waals surface area contributed by atoms with Gasteiger partial charge in [0, 0.05) is 23.2 Å². The minimum Gasteiger partial charge on any atom is -0.458 e. The summed E-state index contributed by atoms with van der Waals surface area (Å²) in [5.41, 5.74) is 15.8. The van der Waals surface area contributed by atoms with Gasteiger partial charge in [-0.05, 0) is 76.2 Å². The van der Waals surface area contributed by atoms with E-state index >= 15 is 0 Å². The Labute approximate surface area is 267 Å². The van der Waals surface area contributed by atoms with Crippen molar-refractivity contribution >= 4 is 24.8 Å². The molecular weight excluding hydrogens is 555 g/mol. The van der Waals surface area contributed by atoms with E-state index in [1.165, 1.54) is 12.5 Å². The number of aromatic nitrogens is 1. The Morgan fingerprint density at radius 3 is 2.19 bits per heavy atom. The van der Waals surface area contributed by atoms with Crippen molar-refractivity contribution in [3.05, 3.63) is 124 Å². The Hall–Kier alpha value is -3.76. The molecule has 0 fully saturated rings. The summed E-state index contributed by atoms with van der Waals surface area (Å²) in [7, 11) is 0. The molecule has 2 rings (SSSR count). The maximum atomic E-state index is 11.7. The van der Waals surface area contributed by atoms with E-state index in [1.54, 1.807) is 20.0 Å². The molecule has 0 bridgehead atoms. The first kappa shape index (κ1) is 42.7. The first-order valence-electron chi connectivity index (χ1n) is 13.6. The number of benzene rings is 1. The van der Waals surface area contributed by atoms with E-state index in [-0.39, 0.29) is 30.4 Å². The van der Waals surface area contributed by atoms with Gasteiger partial charge in [-0.15, -0.1) is 31.4 Å². The van der Waals surface area contributed by atoms with Gasteiger partial charge in [-0.1, -0.05) is 51.1 Å². The van der Waals surface area contributed by atoms with Gasteiger partial charge in [0.2, 0.25) is 0 Å². The van der Waals surface area contributed by atoms with Gasteiger partial charge >= 0.3 is 18.6 Å². The van der Waals surface area contributed by atoms with Gasteiger partial charge in [0.1, 0.15) is 6.04 Å². The summed E-state index contributed by atoms with van der Waals surface area (Å²) < 4.78 is 0. The summed E-state index contributed by atoms with van der Waals surface area (Å²) in [5.74, 6) is -0.0626. The number of carbonyl (C=O) groups excluding carboxylic acids is 1. The number of nitrogens with zero attached hydrogens (tertiary/aromatic N) is 3. The normalized spacial score (nSPS) is 11.8. The molecule has 0 saturated heterocycles. The fourth-order valence-corrected chi connectivity index (χ4v) is 3.51. The number of hydrogen-bond donors (Lipinski definition) is 1. The average Bonchev–Trinajstić information content (AvgIpc) is 2.93. The summed E-state index contributed by atoms with van der Waals surface area (Å²) in [6.45, 7) is 25.9. The number of nitrogens with two attached hydrogens (primary N) is 1. The first-order chi connectivity index (χ1) is 19.6. The van der Waals surface area contributed by atoms with Crippen LogP contribution < -0.4 is 5.73 Å². The largest absolute Gasteiger partial charge is 2.00 e. The second-order valence-corrected chi connectivity index (χ2v) is 8.54. The molecule has 0 saturated carbocycles. The zero-order chi connectivity index (χ0) is 31.8. The molecule has 2 aromatic rings. The molecule has 0 aliphatic carbocycles. The Kier molecular flexibility index (Phi) is 26.6. The quantitative estimate of drug-likeness (QED) is 0.108. The summed E-state index contributed by atoms with van der Waals surface area (Å²) in [6.07, 6.45) is 16.8. The third kappa shape index (κ3) is 17.8. The standard InChI is InChI=1S/C15H20N2O.C10H13N.C9H9N.C2H6.V/c1-9-6-7-13(10(2)8-9)15(17-5)14(11(3)16)12(4)18;1-4-7-8-9-10(5-2)11-6-3;1-3-4-9-5-6-10-8(2)7-9;1-2;/h6-8,15H,5,16H2,1-4H3;5,7-9H,1-3H3;4-7H,1H2,2H3;1-2H3;/q;-2;;;+2/b14-11-;9-8-,10-5+;;;. The van der Waals surface area contributed by atoms with Crippen molar-refractivity contribution in [1.29, 1.82) is 0 Å². The van der Waals surface area contributed by atoms with Crippen LogP contribution in [0, 0.1) is 26.8 Å². The van der Waals surface area contributed by atoms with Crippen molar-refractivity contribution in [3.8, 4) is 0 Å². The van der Waals surface area contributed by atoms with Crippen LogP contribution in [0.3, 0.4) is 0 Å². The van der Waals surface area contributed by atoms with Gasteiger partial charge in [-0.3, -0.25) is 20.8 Å². The zero-order valence-corrected chi connectivity index (χ0v) is 28.5. The predicted molar refractivity (Wildman–Crippen MR) is 179 cm³/mol. The number of ketones is 1. The average molecular weight is 604 g/mol. The Morgan fingerprint density at radius 2 is 1.76 bits per heavy atom. The van der Waals surface area contributed by atoms with Crippen LogP contribution in [-0.4, -0.2) is 23.7 Å². The zero-order valence-electron chi connectivity index (χ0n) is 27.1. The van der Waals surface area contributed by atoms with E-state index in [1.807, 2.05) is 103 Å². The van der Waals surface area contributed by atoms with Crippen LogP contribution in [0.15, 0.2) is 100 Å². The Bertz CT molecular complexity index is 1290. The van der Waals surface area contributed by atoms with Gasteiger partial charge < -0.3 is 10.7 Å². The molecule has 1 radical (unpaired) electrons. The molecule has 0 aliphatic heterocycles. The number of Topliss-reactive ketones (excluding diaryl/α,β-unsaturated/α-hetero) is 1. The van der Waals surface area contributed by atoms with E-state index in [0.717, 1.165) is 28.1 Å². The number of aryl methyl sites for hydroxylation is 3. The van der Waals surface area contributed by atoms with Gasteiger partial charge in [-0.2, -0.15) is 6.21 Å².